The van der Waals surface area contributed by atoms with E-state index in [-0.39, 0.29) is 23.0 Å². The molecule has 0 saturated heterocycles. The van der Waals surface area contributed by atoms with Crippen molar-refractivity contribution in [1.29, 1.82) is 0 Å². The molecule has 2 aromatic carbocycles. The average molecular weight is 438 g/mol. The zero-order valence-corrected chi connectivity index (χ0v) is 17.6. The van der Waals surface area contributed by atoms with E-state index in [0.717, 1.165) is 11.1 Å². The third-order valence-electron chi connectivity index (χ3n) is 4.62. The van der Waals surface area contributed by atoms with Gasteiger partial charge in [-0.25, -0.2) is 9.37 Å². The number of benzene rings is 2. The highest BCUT2D eigenvalue weighted by atomic mass is 32.2. The van der Waals surface area contributed by atoms with Crippen LogP contribution in [0.4, 0.5) is 4.39 Å². The summed E-state index contributed by atoms with van der Waals surface area (Å²) in [5.41, 5.74) is 2.29. The second kappa shape index (κ2) is 9.13. The summed E-state index contributed by atoms with van der Waals surface area (Å²) in [6.45, 7) is 0.629. The number of hydrogen-bond donors (Lipinski definition) is 1. The molecule has 4 aromatic rings. The predicted molar refractivity (Wildman–Crippen MR) is 117 cm³/mol. The van der Waals surface area contributed by atoms with E-state index in [4.69, 9.17) is 0 Å². The van der Waals surface area contributed by atoms with Crippen molar-refractivity contribution in [2.75, 3.05) is 5.75 Å². The monoisotopic (exact) mass is 437 g/mol. The number of carbonyl (C=O) groups excluding carboxylic acids is 1. The van der Waals surface area contributed by atoms with E-state index in [1.54, 1.807) is 34.6 Å². The molecule has 0 aliphatic carbocycles. The van der Waals surface area contributed by atoms with Crippen molar-refractivity contribution >= 4 is 28.7 Å². The molecule has 1 N–H and O–H groups in total. The molecule has 31 heavy (non-hydrogen) atoms. The van der Waals surface area contributed by atoms with Gasteiger partial charge in [0.25, 0.3) is 5.56 Å². The molecule has 0 radical (unpaired) electrons. The minimum absolute atomic E-state index is 0.0915. The number of fused-ring (bicyclic) bond motifs is 1. The first-order valence-electron chi connectivity index (χ1n) is 9.61. The molecule has 4 rings (SSSR count). The number of thioether (sulfide) groups is 1. The summed E-state index contributed by atoms with van der Waals surface area (Å²) >= 11 is 1.19. The Balaban J connectivity index is 1.52. The fraction of sp³-hybridized carbons (Fsp3) is 0.182. The van der Waals surface area contributed by atoms with Crippen LogP contribution in [0.2, 0.25) is 0 Å². The van der Waals surface area contributed by atoms with Gasteiger partial charge in [0, 0.05) is 13.6 Å². The minimum atomic E-state index is -0.320. The van der Waals surface area contributed by atoms with Gasteiger partial charge in [0.1, 0.15) is 11.3 Å². The van der Waals surface area contributed by atoms with E-state index in [2.05, 4.69) is 15.4 Å². The van der Waals surface area contributed by atoms with Gasteiger partial charge < -0.3 is 5.32 Å². The zero-order valence-electron chi connectivity index (χ0n) is 16.8. The standard InChI is InChI=1S/C22H20FN5O2S/c1-27-13-18-20(26-27)21(30)28(12-16-5-3-2-4-6-16)22(25-18)31-14-19(29)24-11-15-7-9-17(23)10-8-15/h2-10,13H,11-12,14H2,1H3,(H,24,29). The van der Waals surface area contributed by atoms with Crippen LogP contribution in [-0.4, -0.2) is 31.0 Å². The first kappa shape index (κ1) is 20.8. The lowest BCUT2D eigenvalue weighted by atomic mass is 10.2. The lowest BCUT2D eigenvalue weighted by Crippen LogP contribution is -2.27. The van der Waals surface area contributed by atoms with Gasteiger partial charge in [0.05, 0.1) is 18.5 Å². The molecule has 1 amide bonds. The number of hydrogen-bond acceptors (Lipinski definition) is 5. The van der Waals surface area contributed by atoms with E-state index in [1.165, 1.54) is 23.9 Å². The lowest BCUT2D eigenvalue weighted by molar-refractivity contribution is -0.118. The van der Waals surface area contributed by atoms with Crippen molar-refractivity contribution in [3.8, 4) is 0 Å². The molecule has 7 nitrogen and oxygen atoms in total. The summed E-state index contributed by atoms with van der Waals surface area (Å²) in [5, 5.41) is 7.48. The molecule has 9 heteroatoms. The molecule has 2 aromatic heterocycles. The summed E-state index contributed by atoms with van der Waals surface area (Å²) < 4.78 is 16.1. The minimum Gasteiger partial charge on any atom is -0.351 e. The van der Waals surface area contributed by atoms with Gasteiger partial charge in [-0.05, 0) is 23.3 Å². The van der Waals surface area contributed by atoms with Gasteiger partial charge in [-0.2, -0.15) is 5.10 Å². The Hall–Kier alpha value is -3.46. The smallest absolute Gasteiger partial charge is 0.282 e. The van der Waals surface area contributed by atoms with E-state index in [1.807, 2.05) is 30.3 Å². The number of nitrogens with zero attached hydrogens (tertiary/aromatic N) is 4. The molecule has 0 atom stereocenters. The van der Waals surface area contributed by atoms with Crippen LogP contribution < -0.4 is 10.9 Å². The first-order chi connectivity index (χ1) is 15.0. The topological polar surface area (TPSA) is 81.8 Å². The van der Waals surface area contributed by atoms with Crippen LogP contribution in [0.25, 0.3) is 11.0 Å². The van der Waals surface area contributed by atoms with Gasteiger partial charge in [0.15, 0.2) is 10.7 Å². The second-order valence-corrected chi connectivity index (χ2v) is 7.94. The molecule has 0 fully saturated rings. The molecule has 0 aliphatic heterocycles. The summed E-state index contributed by atoms with van der Waals surface area (Å²) in [6, 6.07) is 15.5. The van der Waals surface area contributed by atoms with Crippen LogP contribution >= 0.6 is 11.8 Å². The van der Waals surface area contributed by atoms with Crippen molar-refractivity contribution in [2.45, 2.75) is 18.2 Å². The normalized spacial score (nSPS) is 11.0. The maximum absolute atomic E-state index is 13.1. The average Bonchev–Trinajstić information content (AvgIpc) is 3.15. The Bertz CT molecular complexity index is 1270. The van der Waals surface area contributed by atoms with Crippen LogP contribution in [0.15, 0.2) is 70.7 Å². The Morgan fingerprint density at radius 1 is 1.10 bits per heavy atom. The van der Waals surface area contributed by atoms with E-state index in [9.17, 15) is 14.0 Å². The molecule has 0 saturated carbocycles. The van der Waals surface area contributed by atoms with Crippen LogP contribution in [0.1, 0.15) is 11.1 Å². The number of nitrogens with one attached hydrogen (secondary N) is 1. The van der Waals surface area contributed by atoms with Crippen molar-refractivity contribution in [3.63, 3.8) is 0 Å². The molecule has 0 aliphatic rings. The quantitative estimate of drug-likeness (QED) is 0.355. The number of rotatable bonds is 7. The van der Waals surface area contributed by atoms with Crippen molar-refractivity contribution < 1.29 is 9.18 Å². The van der Waals surface area contributed by atoms with E-state index in [0.29, 0.717) is 29.3 Å². The Morgan fingerprint density at radius 3 is 2.58 bits per heavy atom. The largest absolute Gasteiger partial charge is 0.351 e. The summed E-state index contributed by atoms with van der Waals surface area (Å²) in [5.74, 6) is -0.436. The lowest BCUT2D eigenvalue weighted by Gasteiger charge is -2.12. The summed E-state index contributed by atoms with van der Waals surface area (Å²) in [7, 11) is 1.73. The molecule has 0 unspecified atom stereocenters. The van der Waals surface area contributed by atoms with E-state index >= 15 is 0 Å². The Morgan fingerprint density at radius 2 is 1.84 bits per heavy atom. The van der Waals surface area contributed by atoms with Crippen LogP contribution in [-0.2, 0) is 24.9 Å². The molecular formula is C22H20FN5O2S. The van der Waals surface area contributed by atoms with E-state index < -0.39 is 0 Å². The number of carbonyl (C=O) groups is 1. The van der Waals surface area contributed by atoms with Gasteiger partial charge in [-0.1, -0.05) is 54.2 Å². The summed E-state index contributed by atoms with van der Waals surface area (Å²) in [6.07, 6.45) is 1.68. The second-order valence-electron chi connectivity index (χ2n) is 7.00. The fourth-order valence-electron chi connectivity index (χ4n) is 3.09. The molecule has 2 heterocycles. The Labute approximate surface area is 181 Å². The molecule has 0 bridgehead atoms. The number of aromatic nitrogens is 4. The SMILES string of the molecule is Cn1cc2nc(SCC(=O)NCc3ccc(F)cc3)n(Cc3ccccc3)c(=O)c2n1. The third kappa shape index (κ3) is 5.00. The van der Waals surface area contributed by atoms with Crippen LogP contribution in [0.5, 0.6) is 0 Å². The van der Waals surface area contributed by atoms with Gasteiger partial charge >= 0.3 is 0 Å². The van der Waals surface area contributed by atoms with Gasteiger partial charge in [-0.15, -0.1) is 0 Å². The predicted octanol–water partition coefficient (Wildman–Crippen LogP) is 2.73. The fourth-order valence-corrected chi connectivity index (χ4v) is 3.92. The number of amides is 1. The molecule has 158 valence electrons. The van der Waals surface area contributed by atoms with Crippen LogP contribution in [0.3, 0.4) is 0 Å². The zero-order chi connectivity index (χ0) is 21.8. The maximum Gasteiger partial charge on any atom is 0.282 e. The highest BCUT2D eigenvalue weighted by molar-refractivity contribution is 7.99. The molecular weight excluding hydrogens is 417 g/mol. The van der Waals surface area contributed by atoms with Gasteiger partial charge in [0.2, 0.25) is 5.91 Å². The van der Waals surface area contributed by atoms with Gasteiger partial charge in [-0.3, -0.25) is 18.8 Å². The van der Waals surface area contributed by atoms with Crippen molar-refractivity contribution in [3.05, 3.63) is 88.1 Å². The highest BCUT2D eigenvalue weighted by Crippen LogP contribution is 2.18. The first-order valence-corrected chi connectivity index (χ1v) is 10.6. The number of halogens is 1. The number of aryl methyl sites for hydroxylation is 1. The molecule has 0 spiro atoms. The maximum atomic E-state index is 13.1. The van der Waals surface area contributed by atoms with Crippen LogP contribution in [0, 0.1) is 5.82 Å². The Kier molecular flexibility index (Phi) is 6.13. The van der Waals surface area contributed by atoms with Crippen molar-refractivity contribution in [1.82, 2.24) is 24.6 Å². The van der Waals surface area contributed by atoms with Crippen molar-refractivity contribution in [2.24, 2.45) is 7.05 Å². The highest BCUT2D eigenvalue weighted by Gasteiger charge is 2.16. The summed E-state index contributed by atoms with van der Waals surface area (Å²) in [4.78, 5) is 30.0. The third-order valence-corrected chi connectivity index (χ3v) is 5.60.